The smallest absolute Gasteiger partial charge is 0.278 e. The minimum atomic E-state index is -0.529. The van der Waals surface area contributed by atoms with Gasteiger partial charge in [0.2, 0.25) is 0 Å². The van der Waals surface area contributed by atoms with Gasteiger partial charge in [-0.2, -0.15) is 0 Å². The summed E-state index contributed by atoms with van der Waals surface area (Å²) in [6, 6.07) is 1.86. The van der Waals surface area contributed by atoms with E-state index in [1.54, 1.807) is 12.4 Å². The monoisotopic (exact) mass is 376 g/mol. The zero-order chi connectivity index (χ0) is 18.7. The van der Waals surface area contributed by atoms with Gasteiger partial charge in [-0.1, -0.05) is 11.6 Å². The Labute approximate surface area is 155 Å². The molecule has 2 aromatic heterocycles. The summed E-state index contributed by atoms with van der Waals surface area (Å²) in [6.07, 6.45) is 5.42. The van der Waals surface area contributed by atoms with Gasteiger partial charge >= 0.3 is 0 Å². The number of nitrogens with two attached hydrogens (primary N) is 3. The van der Waals surface area contributed by atoms with Crippen LogP contribution in [0, 0.1) is 5.92 Å². The van der Waals surface area contributed by atoms with Crippen LogP contribution in [0.3, 0.4) is 0 Å². The fraction of sp³-hybridized carbons (Fsp3) is 0.375. The molecule has 138 valence electrons. The topological polar surface area (TPSA) is 149 Å². The molecule has 1 aliphatic heterocycles. The fourth-order valence-corrected chi connectivity index (χ4v) is 3.15. The van der Waals surface area contributed by atoms with Gasteiger partial charge in [0.1, 0.15) is 0 Å². The summed E-state index contributed by atoms with van der Waals surface area (Å²) < 4.78 is 0. The molecule has 0 radical (unpaired) electrons. The van der Waals surface area contributed by atoms with Crippen molar-refractivity contribution in [2.24, 2.45) is 11.7 Å². The summed E-state index contributed by atoms with van der Waals surface area (Å²) in [4.78, 5) is 26.6. The molecule has 10 heteroatoms. The predicted octanol–water partition coefficient (Wildman–Crippen LogP) is 1.12. The van der Waals surface area contributed by atoms with Gasteiger partial charge < -0.3 is 27.4 Å². The molecule has 9 nitrogen and oxygen atoms in total. The molecule has 1 unspecified atom stereocenters. The van der Waals surface area contributed by atoms with Gasteiger partial charge in [-0.15, -0.1) is 0 Å². The van der Waals surface area contributed by atoms with Crippen molar-refractivity contribution in [1.29, 1.82) is 0 Å². The minimum Gasteiger partial charge on any atom is -0.382 e. The second-order valence-corrected chi connectivity index (χ2v) is 6.53. The lowest BCUT2D eigenvalue weighted by Gasteiger charge is -2.34. The molecule has 0 aromatic carbocycles. The molecule has 2 aromatic rings. The van der Waals surface area contributed by atoms with Crippen molar-refractivity contribution < 1.29 is 4.79 Å². The van der Waals surface area contributed by atoms with Gasteiger partial charge in [-0.05, 0) is 31.4 Å². The summed E-state index contributed by atoms with van der Waals surface area (Å²) in [5.41, 5.74) is 18.5. The number of nitrogens with zero attached hydrogens (tertiary/aromatic N) is 4. The lowest BCUT2D eigenvalue weighted by atomic mass is 9.98. The first-order valence-electron chi connectivity index (χ1n) is 8.28. The van der Waals surface area contributed by atoms with Crippen LogP contribution in [0.4, 0.5) is 23.0 Å². The molecule has 3 heterocycles. The van der Waals surface area contributed by atoms with E-state index in [2.05, 4.69) is 25.2 Å². The second kappa shape index (κ2) is 7.71. The van der Waals surface area contributed by atoms with E-state index in [0.29, 0.717) is 18.2 Å². The van der Waals surface area contributed by atoms with Gasteiger partial charge in [0.25, 0.3) is 5.91 Å². The number of aromatic nitrogens is 3. The van der Waals surface area contributed by atoms with E-state index in [-0.39, 0.29) is 22.5 Å². The van der Waals surface area contributed by atoms with Crippen molar-refractivity contribution in [3.05, 3.63) is 29.3 Å². The van der Waals surface area contributed by atoms with Crippen molar-refractivity contribution in [3.8, 4) is 0 Å². The number of nitrogen functional groups attached to an aromatic ring is 2. The standard InChI is InChI=1S/C16H21ClN8O/c17-13-15(20)24-14(19)12(23-13)16(26)22-10-7-21-4-3-11(10)25-5-1-2-9(6-18)8-25/h3-4,7,9H,1-2,5-6,8,18H2,(H,22,26)(H4,19,20,24). The van der Waals surface area contributed by atoms with Crippen molar-refractivity contribution in [3.63, 3.8) is 0 Å². The zero-order valence-corrected chi connectivity index (χ0v) is 14.9. The van der Waals surface area contributed by atoms with Gasteiger partial charge in [-0.3, -0.25) is 9.78 Å². The highest BCUT2D eigenvalue weighted by atomic mass is 35.5. The Hall–Kier alpha value is -2.65. The Kier molecular flexibility index (Phi) is 5.38. The van der Waals surface area contributed by atoms with E-state index < -0.39 is 5.91 Å². The first-order chi connectivity index (χ1) is 12.5. The predicted molar refractivity (Wildman–Crippen MR) is 102 cm³/mol. The van der Waals surface area contributed by atoms with E-state index in [9.17, 15) is 4.79 Å². The summed E-state index contributed by atoms with van der Waals surface area (Å²) in [5.74, 6) is -0.212. The quantitative estimate of drug-likeness (QED) is 0.620. The average molecular weight is 377 g/mol. The van der Waals surface area contributed by atoms with Crippen molar-refractivity contribution in [2.45, 2.75) is 12.8 Å². The van der Waals surface area contributed by atoms with Crippen molar-refractivity contribution in [2.75, 3.05) is 41.3 Å². The molecule has 1 atom stereocenters. The normalized spacial score (nSPS) is 17.2. The van der Waals surface area contributed by atoms with Crippen LogP contribution in [-0.2, 0) is 0 Å². The molecule has 0 spiro atoms. The number of hydrogen-bond acceptors (Lipinski definition) is 8. The Morgan fingerprint density at radius 1 is 1.35 bits per heavy atom. The van der Waals surface area contributed by atoms with Crippen LogP contribution in [0.15, 0.2) is 18.5 Å². The van der Waals surface area contributed by atoms with Crippen LogP contribution < -0.4 is 27.4 Å². The zero-order valence-electron chi connectivity index (χ0n) is 14.2. The number of anilines is 4. The summed E-state index contributed by atoms with van der Waals surface area (Å²) >= 11 is 5.85. The average Bonchev–Trinajstić information content (AvgIpc) is 2.65. The van der Waals surface area contributed by atoms with Gasteiger partial charge in [-0.25, -0.2) is 9.97 Å². The molecule has 0 bridgehead atoms. The fourth-order valence-electron chi connectivity index (χ4n) is 3.03. The molecule has 0 aliphatic carbocycles. The highest BCUT2D eigenvalue weighted by Gasteiger charge is 2.23. The van der Waals surface area contributed by atoms with Crippen molar-refractivity contribution >= 4 is 40.5 Å². The molecule has 1 saturated heterocycles. The molecule has 7 N–H and O–H groups in total. The van der Waals surface area contributed by atoms with Crippen molar-refractivity contribution in [1.82, 2.24) is 15.0 Å². The van der Waals surface area contributed by atoms with E-state index in [0.717, 1.165) is 31.6 Å². The van der Waals surface area contributed by atoms with Gasteiger partial charge in [0.05, 0.1) is 17.6 Å². The van der Waals surface area contributed by atoms with Crippen LogP contribution in [0.2, 0.25) is 5.15 Å². The highest BCUT2D eigenvalue weighted by Crippen LogP contribution is 2.29. The molecule has 3 rings (SSSR count). The lowest BCUT2D eigenvalue weighted by molar-refractivity contribution is 0.102. The third-order valence-electron chi connectivity index (χ3n) is 4.36. The molecule has 1 fully saturated rings. The summed E-state index contributed by atoms with van der Waals surface area (Å²) in [7, 11) is 0. The number of piperidine rings is 1. The van der Waals surface area contributed by atoms with Crippen LogP contribution in [0.5, 0.6) is 0 Å². The molecular formula is C16H21ClN8O. The van der Waals surface area contributed by atoms with Gasteiger partial charge in [0.15, 0.2) is 22.5 Å². The van der Waals surface area contributed by atoms with E-state index in [1.807, 2.05) is 6.07 Å². The number of carbonyl (C=O) groups excluding carboxylic acids is 1. The van der Waals surface area contributed by atoms with Crippen LogP contribution in [0.25, 0.3) is 0 Å². The Morgan fingerprint density at radius 3 is 2.92 bits per heavy atom. The first kappa shape index (κ1) is 18.2. The van der Waals surface area contributed by atoms with E-state index in [4.69, 9.17) is 28.8 Å². The number of carbonyl (C=O) groups is 1. The van der Waals surface area contributed by atoms with E-state index >= 15 is 0 Å². The summed E-state index contributed by atoms with van der Waals surface area (Å²) in [6.45, 7) is 2.36. The number of hydrogen-bond donors (Lipinski definition) is 4. The second-order valence-electron chi connectivity index (χ2n) is 6.17. The third kappa shape index (κ3) is 3.78. The maximum Gasteiger partial charge on any atom is 0.278 e. The third-order valence-corrected chi connectivity index (χ3v) is 4.64. The van der Waals surface area contributed by atoms with Crippen LogP contribution in [0.1, 0.15) is 23.3 Å². The molecule has 0 saturated carbocycles. The Morgan fingerprint density at radius 2 is 2.15 bits per heavy atom. The molecule has 1 amide bonds. The molecule has 1 aliphatic rings. The Balaban J connectivity index is 1.84. The number of rotatable bonds is 4. The molecule has 26 heavy (non-hydrogen) atoms. The lowest BCUT2D eigenvalue weighted by Crippen LogP contribution is -2.38. The van der Waals surface area contributed by atoms with Crippen LogP contribution >= 0.6 is 11.6 Å². The highest BCUT2D eigenvalue weighted by molar-refractivity contribution is 6.31. The first-order valence-corrected chi connectivity index (χ1v) is 8.66. The van der Waals surface area contributed by atoms with E-state index in [1.165, 1.54) is 0 Å². The van der Waals surface area contributed by atoms with Crippen LogP contribution in [-0.4, -0.2) is 40.5 Å². The number of halogens is 1. The number of nitrogens with one attached hydrogen (secondary N) is 1. The maximum absolute atomic E-state index is 12.6. The van der Waals surface area contributed by atoms with Gasteiger partial charge in [0, 0.05) is 19.3 Å². The number of amides is 1. The summed E-state index contributed by atoms with van der Waals surface area (Å²) in [5, 5.41) is 2.72. The maximum atomic E-state index is 12.6. The minimum absolute atomic E-state index is 0.0241. The number of pyridine rings is 1. The SMILES string of the molecule is NCC1CCCN(c2ccncc2NC(=O)c2nc(Cl)c(N)nc2N)C1. The molecular weight excluding hydrogens is 356 g/mol. The Bertz CT molecular complexity index is 815. The largest absolute Gasteiger partial charge is 0.382 e.